The first-order chi connectivity index (χ1) is 14.3. The molecule has 3 rings (SSSR count). The molecule has 1 fully saturated rings. The maximum absolute atomic E-state index is 13.4. The lowest BCUT2D eigenvalue weighted by molar-refractivity contribution is -0.139. The highest BCUT2D eigenvalue weighted by Gasteiger charge is 2.40. The molecule has 1 saturated heterocycles. The molecule has 1 spiro atoms. The third-order valence-corrected chi connectivity index (χ3v) is 6.89. The average molecular weight is 412 g/mol. The molecular formula is C25H37N3O2. The molecule has 0 radical (unpaired) electrons. The number of nitrogens with zero attached hydrogens (tertiary/aromatic N) is 1. The van der Waals surface area contributed by atoms with E-state index in [1.165, 1.54) is 11.1 Å². The summed E-state index contributed by atoms with van der Waals surface area (Å²) in [6.45, 7) is 9.58. The lowest BCUT2D eigenvalue weighted by Gasteiger charge is -2.41. The number of amides is 2. The molecular weight excluding hydrogens is 374 g/mol. The molecule has 0 saturated carbocycles. The second kappa shape index (κ2) is 9.34. The molecule has 0 bridgehead atoms. The van der Waals surface area contributed by atoms with Crippen molar-refractivity contribution in [3.8, 4) is 0 Å². The average Bonchev–Trinajstić information content (AvgIpc) is 3.09. The first-order valence-corrected chi connectivity index (χ1v) is 11.4. The van der Waals surface area contributed by atoms with Gasteiger partial charge in [-0.25, -0.2) is 0 Å². The van der Waals surface area contributed by atoms with Crippen molar-refractivity contribution in [3.63, 3.8) is 0 Å². The molecule has 1 aromatic rings. The molecule has 2 amide bonds. The Hall–Kier alpha value is -2.14. The first kappa shape index (κ1) is 22.5. The molecule has 3 atom stereocenters. The number of allylic oxidation sites excluding steroid dienone is 1. The normalized spacial score (nSPS) is 20.1. The second-order valence-corrected chi connectivity index (χ2v) is 9.51. The second-order valence-electron chi connectivity index (χ2n) is 9.51. The van der Waals surface area contributed by atoms with Crippen LogP contribution in [0.4, 0.5) is 0 Å². The number of fused-ring (bicyclic) bond motifs is 2. The molecule has 2 aliphatic rings. The van der Waals surface area contributed by atoms with Crippen LogP contribution in [-0.2, 0) is 15.0 Å². The molecule has 5 nitrogen and oxygen atoms in total. The maximum atomic E-state index is 13.4. The van der Waals surface area contributed by atoms with E-state index in [4.69, 9.17) is 5.73 Å². The Morgan fingerprint density at radius 1 is 1.17 bits per heavy atom. The van der Waals surface area contributed by atoms with Crippen LogP contribution in [0, 0.1) is 11.8 Å². The van der Waals surface area contributed by atoms with E-state index in [1.54, 1.807) is 0 Å². The van der Waals surface area contributed by atoms with Crippen LogP contribution in [0.3, 0.4) is 0 Å². The molecule has 164 valence electrons. The molecule has 5 heteroatoms. The van der Waals surface area contributed by atoms with E-state index < -0.39 is 12.1 Å². The summed E-state index contributed by atoms with van der Waals surface area (Å²) in [7, 11) is 0. The Labute approximate surface area is 181 Å². The largest absolute Gasteiger partial charge is 0.343 e. The van der Waals surface area contributed by atoms with E-state index in [9.17, 15) is 9.59 Å². The van der Waals surface area contributed by atoms with Gasteiger partial charge in [0.25, 0.3) is 0 Å². The smallest absolute Gasteiger partial charge is 0.245 e. The number of carbonyl (C=O) groups excluding carboxylic acids is 2. The molecule has 1 heterocycles. The zero-order chi connectivity index (χ0) is 21.9. The fraction of sp³-hybridized carbons (Fsp3) is 0.600. The van der Waals surface area contributed by atoms with Crippen LogP contribution in [-0.4, -0.2) is 41.9 Å². The minimum Gasteiger partial charge on any atom is -0.343 e. The van der Waals surface area contributed by atoms with Gasteiger partial charge in [0, 0.05) is 18.5 Å². The molecule has 1 aliphatic heterocycles. The number of likely N-dealkylation sites (tertiary alicyclic amines) is 1. The number of hydrogen-bond acceptors (Lipinski definition) is 3. The van der Waals surface area contributed by atoms with Crippen LogP contribution >= 0.6 is 0 Å². The van der Waals surface area contributed by atoms with Crippen molar-refractivity contribution in [3.05, 3.63) is 41.5 Å². The van der Waals surface area contributed by atoms with Crippen LogP contribution in [0.2, 0.25) is 0 Å². The third-order valence-electron chi connectivity index (χ3n) is 6.89. The van der Waals surface area contributed by atoms with Crippen molar-refractivity contribution in [1.29, 1.82) is 0 Å². The summed E-state index contributed by atoms with van der Waals surface area (Å²) in [5.41, 5.74) is 8.78. The fourth-order valence-corrected chi connectivity index (χ4v) is 4.75. The predicted molar refractivity (Wildman–Crippen MR) is 122 cm³/mol. The van der Waals surface area contributed by atoms with Crippen LogP contribution < -0.4 is 11.1 Å². The summed E-state index contributed by atoms with van der Waals surface area (Å²) < 4.78 is 0. The zero-order valence-corrected chi connectivity index (χ0v) is 18.9. The number of benzene rings is 1. The van der Waals surface area contributed by atoms with Gasteiger partial charge in [0.15, 0.2) is 0 Å². The number of carbonyl (C=O) groups is 2. The summed E-state index contributed by atoms with van der Waals surface area (Å²) in [6, 6.07) is 7.46. The third kappa shape index (κ3) is 4.61. The minimum absolute atomic E-state index is 0.0274. The SMILES string of the molecule is CC[C@H](C)[C@H](NC(=O)C(N)CC(C)C)C(=O)N1CCC2(C=Cc3ccccc32)CC1. The summed E-state index contributed by atoms with van der Waals surface area (Å²) >= 11 is 0. The van der Waals surface area contributed by atoms with E-state index in [2.05, 4.69) is 48.7 Å². The van der Waals surface area contributed by atoms with Crippen molar-refractivity contribution < 1.29 is 9.59 Å². The number of piperidine rings is 1. The highest BCUT2D eigenvalue weighted by Crippen LogP contribution is 2.43. The Balaban J connectivity index is 1.66. The van der Waals surface area contributed by atoms with Gasteiger partial charge in [-0.1, -0.05) is 70.5 Å². The molecule has 3 N–H and O–H groups in total. The van der Waals surface area contributed by atoms with Gasteiger partial charge < -0.3 is 16.0 Å². The number of nitrogens with two attached hydrogens (primary N) is 1. The van der Waals surface area contributed by atoms with Crippen LogP contribution in [0.1, 0.15) is 64.5 Å². The van der Waals surface area contributed by atoms with Crippen LogP contribution in [0.5, 0.6) is 0 Å². The van der Waals surface area contributed by atoms with Crippen molar-refractivity contribution in [1.82, 2.24) is 10.2 Å². The monoisotopic (exact) mass is 411 g/mol. The van der Waals surface area contributed by atoms with Gasteiger partial charge >= 0.3 is 0 Å². The fourth-order valence-electron chi connectivity index (χ4n) is 4.75. The Kier molecular flexibility index (Phi) is 7.02. The minimum atomic E-state index is -0.575. The van der Waals surface area contributed by atoms with Gasteiger partial charge in [-0.05, 0) is 42.2 Å². The van der Waals surface area contributed by atoms with Crippen molar-refractivity contribution in [2.24, 2.45) is 17.6 Å². The summed E-state index contributed by atoms with van der Waals surface area (Å²) in [5.74, 6) is 0.211. The van der Waals surface area contributed by atoms with Crippen LogP contribution in [0.15, 0.2) is 30.3 Å². The van der Waals surface area contributed by atoms with E-state index >= 15 is 0 Å². The number of nitrogens with one attached hydrogen (secondary N) is 1. The van der Waals surface area contributed by atoms with E-state index in [-0.39, 0.29) is 23.1 Å². The molecule has 1 unspecified atom stereocenters. The Morgan fingerprint density at radius 2 is 1.83 bits per heavy atom. The van der Waals surface area contributed by atoms with Gasteiger partial charge in [-0.3, -0.25) is 9.59 Å². The standard InChI is InChI=1S/C25H37N3O2/c1-5-18(4)22(27-23(29)21(26)16-17(2)3)24(30)28-14-12-25(13-15-28)11-10-19-8-6-7-9-20(19)25/h6-11,17-18,21-22H,5,12-16,26H2,1-4H3,(H,27,29)/t18-,21?,22-/m0/s1. The van der Waals surface area contributed by atoms with Gasteiger partial charge in [0.1, 0.15) is 6.04 Å². The van der Waals surface area contributed by atoms with Gasteiger partial charge in [0.2, 0.25) is 11.8 Å². The van der Waals surface area contributed by atoms with Gasteiger partial charge in [-0.15, -0.1) is 0 Å². The van der Waals surface area contributed by atoms with E-state index in [0.29, 0.717) is 25.4 Å². The van der Waals surface area contributed by atoms with E-state index in [1.807, 2.05) is 25.7 Å². The highest BCUT2D eigenvalue weighted by atomic mass is 16.2. The Morgan fingerprint density at radius 3 is 2.47 bits per heavy atom. The van der Waals surface area contributed by atoms with Gasteiger partial charge in [-0.2, -0.15) is 0 Å². The number of hydrogen-bond donors (Lipinski definition) is 2. The van der Waals surface area contributed by atoms with Crippen molar-refractivity contribution in [2.75, 3.05) is 13.1 Å². The van der Waals surface area contributed by atoms with E-state index in [0.717, 1.165) is 19.3 Å². The lowest BCUT2D eigenvalue weighted by Crippen LogP contribution is -2.57. The first-order valence-electron chi connectivity index (χ1n) is 11.4. The Bertz CT molecular complexity index is 793. The maximum Gasteiger partial charge on any atom is 0.245 e. The predicted octanol–water partition coefficient (Wildman–Crippen LogP) is 3.48. The van der Waals surface area contributed by atoms with Gasteiger partial charge in [0.05, 0.1) is 6.04 Å². The quantitative estimate of drug-likeness (QED) is 0.721. The molecule has 1 aromatic carbocycles. The highest BCUT2D eigenvalue weighted by molar-refractivity contribution is 5.90. The van der Waals surface area contributed by atoms with Crippen molar-refractivity contribution in [2.45, 2.75) is 70.9 Å². The summed E-state index contributed by atoms with van der Waals surface area (Å²) in [4.78, 5) is 27.9. The summed E-state index contributed by atoms with van der Waals surface area (Å²) in [5, 5.41) is 2.98. The van der Waals surface area contributed by atoms with Crippen molar-refractivity contribution >= 4 is 17.9 Å². The molecule has 1 aliphatic carbocycles. The number of rotatable bonds is 7. The molecule has 0 aromatic heterocycles. The van der Waals surface area contributed by atoms with Crippen LogP contribution in [0.25, 0.3) is 6.08 Å². The molecule has 30 heavy (non-hydrogen) atoms. The zero-order valence-electron chi connectivity index (χ0n) is 18.9. The summed E-state index contributed by atoms with van der Waals surface area (Å²) in [6.07, 6.45) is 7.80. The topological polar surface area (TPSA) is 75.4 Å². The lowest BCUT2D eigenvalue weighted by atomic mass is 9.74.